The number of aliphatic hydroxyl groups is 3. The minimum atomic E-state index is -1.00. The van der Waals surface area contributed by atoms with E-state index in [-0.39, 0.29) is 24.6 Å². The molecule has 2 rings (SSSR count). The number of aliphatic hydroxyl groups excluding tert-OH is 3. The molecule has 0 aliphatic rings. The molecule has 0 aliphatic heterocycles. The standard InChI is InChI=1S/C11H18N6O4/c12-11-14-8-6(16-17-9(8)10(21)15-11)2-13-1-5(3-18)7(20)4-19/h5,7,13,18-20H,1-4H2,(H,16,17)(H3,12,14,15,21)/t5-,7+/m0/s1. The molecule has 0 saturated carbocycles. The summed E-state index contributed by atoms with van der Waals surface area (Å²) in [5.74, 6) is -0.496. The highest BCUT2D eigenvalue weighted by molar-refractivity contribution is 5.76. The average molecular weight is 298 g/mol. The van der Waals surface area contributed by atoms with Gasteiger partial charge in [-0.1, -0.05) is 0 Å². The Kier molecular flexibility index (Phi) is 4.85. The number of H-pyrrole nitrogens is 2. The average Bonchev–Trinajstić information content (AvgIpc) is 2.86. The van der Waals surface area contributed by atoms with E-state index < -0.39 is 24.2 Å². The number of nitrogens with two attached hydrogens (primary N) is 1. The predicted octanol–water partition coefficient (Wildman–Crippen LogP) is -2.72. The van der Waals surface area contributed by atoms with Crippen molar-refractivity contribution in [3.63, 3.8) is 0 Å². The molecule has 0 fully saturated rings. The largest absolute Gasteiger partial charge is 0.396 e. The van der Waals surface area contributed by atoms with E-state index in [1.165, 1.54) is 0 Å². The first-order valence-electron chi connectivity index (χ1n) is 6.40. The van der Waals surface area contributed by atoms with Crippen LogP contribution in [0, 0.1) is 5.92 Å². The van der Waals surface area contributed by atoms with Gasteiger partial charge in [0.25, 0.3) is 5.56 Å². The number of rotatable bonds is 7. The second kappa shape index (κ2) is 6.63. The summed E-state index contributed by atoms with van der Waals surface area (Å²) in [5, 5.41) is 37.0. The quantitative estimate of drug-likeness (QED) is 0.288. The summed E-state index contributed by atoms with van der Waals surface area (Å²) in [7, 11) is 0. The number of nitrogen functional groups attached to an aromatic ring is 1. The third-order valence-corrected chi connectivity index (χ3v) is 3.18. The molecule has 10 nitrogen and oxygen atoms in total. The van der Waals surface area contributed by atoms with Crippen LogP contribution in [-0.4, -0.2) is 61.3 Å². The van der Waals surface area contributed by atoms with E-state index in [0.717, 1.165) is 0 Å². The van der Waals surface area contributed by atoms with Gasteiger partial charge in [-0.15, -0.1) is 0 Å². The Hall–Kier alpha value is -2.01. The molecule has 2 aromatic rings. The molecular formula is C11H18N6O4. The number of hydrogen-bond acceptors (Lipinski definition) is 8. The lowest BCUT2D eigenvalue weighted by Crippen LogP contribution is -2.35. The highest BCUT2D eigenvalue weighted by atomic mass is 16.3. The van der Waals surface area contributed by atoms with Crippen molar-refractivity contribution in [1.29, 1.82) is 0 Å². The van der Waals surface area contributed by atoms with Gasteiger partial charge < -0.3 is 26.4 Å². The van der Waals surface area contributed by atoms with Gasteiger partial charge in [0.15, 0.2) is 5.52 Å². The lowest BCUT2D eigenvalue weighted by molar-refractivity contribution is 0.0228. The Bertz CT molecular complexity index is 654. The van der Waals surface area contributed by atoms with Crippen LogP contribution in [0.1, 0.15) is 5.69 Å². The van der Waals surface area contributed by atoms with Gasteiger partial charge in [-0.2, -0.15) is 5.10 Å². The number of anilines is 1. The Balaban J connectivity index is 2.06. The summed E-state index contributed by atoms with van der Waals surface area (Å²) >= 11 is 0. The van der Waals surface area contributed by atoms with Gasteiger partial charge in [-0.25, -0.2) is 4.98 Å². The number of aromatic amines is 2. The van der Waals surface area contributed by atoms with E-state index in [2.05, 4.69) is 25.5 Å². The van der Waals surface area contributed by atoms with Gasteiger partial charge in [0.2, 0.25) is 5.95 Å². The first-order chi connectivity index (χ1) is 10.1. The number of fused-ring (bicyclic) bond motifs is 1. The van der Waals surface area contributed by atoms with E-state index in [9.17, 15) is 9.90 Å². The van der Waals surface area contributed by atoms with Crippen molar-refractivity contribution in [3.05, 3.63) is 16.0 Å². The second-order valence-corrected chi connectivity index (χ2v) is 4.67. The fourth-order valence-electron chi connectivity index (χ4n) is 1.95. The molecular weight excluding hydrogens is 280 g/mol. The van der Waals surface area contributed by atoms with Crippen molar-refractivity contribution in [1.82, 2.24) is 25.5 Å². The first-order valence-corrected chi connectivity index (χ1v) is 6.40. The molecule has 0 aliphatic carbocycles. The van der Waals surface area contributed by atoms with Crippen molar-refractivity contribution < 1.29 is 15.3 Å². The van der Waals surface area contributed by atoms with Gasteiger partial charge in [-0.3, -0.25) is 14.9 Å². The number of nitrogens with one attached hydrogen (secondary N) is 3. The summed E-state index contributed by atoms with van der Waals surface area (Å²) in [5.41, 5.74) is 6.16. The van der Waals surface area contributed by atoms with E-state index in [4.69, 9.17) is 15.9 Å². The summed E-state index contributed by atoms with van der Waals surface area (Å²) in [6.45, 7) is -0.116. The van der Waals surface area contributed by atoms with Gasteiger partial charge in [0.1, 0.15) is 5.52 Å². The summed E-state index contributed by atoms with van der Waals surface area (Å²) < 4.78 is 0. The Morgan fingerprint density at radius 1 is 1.29 bits per heavy atom. The zero-order chi connectivity index (χ0) is 15.4. The van der Waals surface area contributed by atoms with Crippen molar-refractivity contribution in [2.24, 2.45) is 5.92 Å². The molecule has 2 atom stereocenters. The third-order valence-electron chi connectivity index (χ3n) is 3.18. The van der Waals surface area contributed by atoms with Gasteiger partial charge in [0.05, 0.1) is 18.4 Å². The third kappa shape index (κ3) is 3.36. The van der Waals surface area contributed by atoms with Crippen LogP contribution in [0.3, 0.4) is 0 Å². The normalized spacial score (nSPS) is 14.4. The van der Waals surface area contributed by atoms with Crippen molar-refractivity contribution in [3.8, 4) is 0 Å². The van der Waals surface area contributed by atoms with Crippen molar-refractivity contribution >= 4 is 17.0 Å². The maximum Gasteiger partial charge on any atom is 0.280 e. The number of nitrogens with zero attached hydrogens (tertiary/aromatic N) is 2. The first kappa shape index (κ1) is 15.4. The lowest BCUT2D eigenvalue weighted by Gasteiger charge is -2.19. The zero-order valence-corrected chi connectivity index (χ0v) is 11.2. The fraction of sp³-hybridized carbons (Fsp3) is 0.545. The Morgan fingerprint density at radius 2 is 2.05 bits per heavy atom. The zero-order valence-electron chi connectivity index (χ0n) is 11.2. The highest BCUT2D eigenvalue weighted by Crippen LogP contribution is 2.10. The molecule has 0 radical (unpaired) electrons. The molecule has 2 aromatic heterocycles. The van der Waals surface area contributed by atoms with E-state index >= 15 is 0 Å². The molecule has 10 heteroatoms. The minimum Gasteiger partial charge on any atom is -0.396 e. The monoisotopic (exact) mass is 298 g/mol. The number of hydrogen-bond donors (Lipinski definition) is 7. The second-order valence-electron chi connectivity index (χ2n) is 4.67. The van der Waals surface area contributed by atoms with Crippen LogP contribution in [-0.2, 0) is 6.54 Å². The molecule has 21 heavy (non-hydrogen) atoms. The van der Waals surface area contributed by atoms with Crippen LogP contribution < -0.4 is 16.6 Å². The molecule has 0 unspecified atom stereocenters. The molecule has 0 bridgehead atoms. The maximum absolute atomic E-state index is 11.6. The maximum atomic E-state index is 11.6. The molecule has 116 valence electrons. The highest BCUT2D eigenvalue weighted by Gasteiger charge is 2.17. The van der Waals surface area contributed by atoms with Gasteiger partial charge in [0, 0.05) is 25.6 Å². The van der Waals surface area contributed by atoms with E-state index in [1.807, 2.05) is 0 Å². The van der Waals surface area contributed by atoms with Crippen LogP contribution >= 0.6 is 0 Å². The van der Waals surface area contributed by atoms with Crippen LogP contribution in [0.15, 0.2) is 4.79 Å². The summed E-state index contributed by atoms with van der Waals surface area (Å²) in [6, 6.07) is 0. The lowest BCUT2D eigenvalue weighted by atomic mass is 10.0. The van der Waals surface area contributed by atoms with Crippen molar-refractivity contribution in [2.45, 2.75) is 12.6 Å². The van der Waals surface area contributed by atoms with Crippen LogP contribution in [0.4, 0.5) is 5.95 Å². The van der Waals surface area contributed by atoms with Crippen LogP contribution in [0.2, 0.25) is 0 Å². The van der Waals surface area contributed by atoms with Crippen LogP contribution in [0.5, 0.6) is 0 Å². The predicted molar refractivity (Wildman–Crippen MR) is 74.3 cm³/mol. The minimum absolute atomic E-state index is 0.000845. The summed E-state index contributed by atoms with van der Waals surface area (Å²) in [6.07, 6.45) is -1.00. The molecule has 0 amide bonds. The Morgan fingerprint density at radius 3 is 2.71 bits per heavy atom. The molecule has 8 N–H and O–H groups in total. The molecule has 0 aromatic carbocycles. The summed E-state index contributed by atoms with van der Waals surface area (Å²) in [4.78, 5) is 18.0. The fourth-order valence-corrected chi connectivity index (χ4v) is 1.95. The van der Waals surface area contributed by atoms with Crippen LogP contribution in [0.25, 0.3) is 11.0 Å². The van der Waals surface area contributed by atoms with E-state index in [0.29, 0.717) is 17.8 Å². The van der Waals surface area contributed by atoms with Crippen molar-refractivity contribution in [2.75, 3.05) is 25.5 Å². The molecule has 0 saturated heterocycles. The smallest absolute Gasteiger partial charge is 0.280 e. The molecule has 0 spiro atoms. The van der Waals surface area contributed by atoms with E-state index in [1.54, 1.807) is 0 Å². The van der Waals surface area contributed by atoms with Gasteiger partial charge >= 0.3 is 0 Å². The topological polar surface area (TPSA) is 173 Å². The number of aromatic nitrogens is 4. The molecule has 2 heterocycles. The SMILES string of the molecule is Nc1nc2c(CNC[C@@H](CO)[C@H](O)CO)[nH]nc2c(=O)[nH]1. The van der Waals surface area contributed by atoms with Gasteiger partial charge in [-0.05, 0) is 0 Å². The Labute approximate surface area is 119 Å².